The average Bonchev–Trinajstić information content (AvgIpc) is 3.40. The van der Waals surface area contributed by atoms with Crippen molar-refractivity contribution in [1.29, 1.82) is 0 Å². The molecule has 0 spiro atoms. The topological polar surface area (TPSA) is 136 Å². The number of halogens is 4. The Labute approximate surface area is 207 Å². The number of alkyl halides is 4. The van der Waals surface area contributed by atoms with Gasteiger partial charge < -0.3 is 15.6 Å². The number of nitrogens with one attached hydrogen (secondary N) is 1. The molecule has 3 aromatic rings. The fourth-order valence-electron chi connectivity index (χ4n) is 3.77. The molecule has 0 radical (unpaired) electrons. The van der Waals surface area contributed by atoms with Gasteiger partial charge in [0.1, 0.15) is 11.7 Å². The van der Waals surface area contributed by atoms with Gasteiger partial charge in [-0.15, -0.1) is 11.3 Å². The lowest BCUT2D eigenvalue weighted by Gasteiger charge is -2.33. The number of primary amides is 1. The molecular formula is C20H21F4N7O3S2. The first kappa shape index (κ1) is 26.0. The Morgan fingerprint density at radius 3 is 2.58 bits per heavy atom. The van der Waals surface area contributed by atoms with Crippen LogP contribution in [0.5, 0.6) is 0 Å². The van der Waals surface area contributed by atoms with E-state index >= 15 is 0 Å². The minimum absolute atomic E-state index is 0.0108. The van der Waals surface area contributed by atoms with Gasteiger partial charge in [-0.25, -0.2) is 27.8 Å². The first-order valence-electron chi connectivity index (χ1n) is 10.5. The van der Waals surface area contributed by atoms with E-state index in [0.717, 1.165) is 15.6 Å². The predicted octanol–water partition coefficient (Wildman–Crippen LogP) is 2.58. The maximum atomic E-state index is 15.0. The molecule has 1 amide bonds. The molecular weight excluding hydrogens is 526 g/mol. The van der Waals surface area contributed by atoms with Gasteiger partial charge >= 0.3 is 6.18 Å². The summed E-state index contributed by atoms with van der Waals surface area (Å²) in [7, 11) is -2.40. The summed E-state index contributed by atoms with van der Waals surface area (Å²) in [6.45, 7) is 1.02. The van der Waals surface area contributed by atoms with Gasteiger partial charge in [-0.2, -0.15) is 17.5 Å². The second-order valence-electron chi connectivity index (χ2n) is 8.19. The Kier molecular flexibility index (Phi) is 6.78. The highest BCUT2D eigenvalue weighted by Gasteiger charge is 2.39. The SMILES string of the molecule is Cc1sc(-c2nc(N[C@@H]3CCN(S(=O)(=O)c4cn(C)cn4)C[C@H]3F)ncc2C(F)(F)F)cc1C(N)=O. The van der Waals surface area contributed by atoms with Crippen LogP contribution in [0.2, 0.25) is 0 Å². The van der Waals surface area contributed by atoms with Crippen LogP contribution in [0.25, 0.3) is 10.6 Å². The number of imidazole rings is 1. The number of amides is 1. The lowest BCUT2D eigenvalue weighted by atomic mass is 10.1. The molecule has 1 fully saturated rings. The first-order chi connectivity index (χ1) is 16.8. The number of carbonyl (C=O) groups is 1. The summed E-state index contributed by atoms with van der Waals surface area (Å²) in [5, 5.41) is 2.48. The van der Waals surface area contributed by atoms with Crippen LogP contribution in [0.3, 0.4) is 0 Å². The van der Waals surface area contributed by atoms with E-state index in [0.29, 0.717) is 11.1 Å². The number of carbonyl (C=O) groups excluding carboxylic acids is 1. The number of anilines is 1. The highest BCUT2D eigenvalue weighted by molar-refractivity contribution is 7.89. The molecule has 3 aromatic heterocycles. The predicted molar refractivity (Wildman–Crippen MR) is 122 cm³/mol. The Morgan fingerprint density at radius 1 is 1.31 bits per heavy atom. The van der Waals surface area contributed by atoms with E-state index in [1.165, 1.54) is 23.2 Å². The lowest BCUT2D eigenvalue weighted by Crippen LogP contribution is -2.50. The average molecular weight is 548 g/mol. The molecule has 0 unspecified atom stereocenters. The molecule has 1 aliphatic heterocycles. The third kappa shape index (κ3) is 5.05. The standard InChI is InChI=1S/C20H21F4N7O3S2/c1-10-11(18(25)32)5-15(35-10)17-12(20(22,23)24)6-26-19(29-17)28-14-3-4-31(7-13(14)21)36(33,34)16-8-30(2)9-27-16/h5-6,8-9,13-14H,3-4,7H2,1-2H3,(H2,25,32)(H,26,28,29)/t13-,14-/m1/s1. The van der Waals surface area contributed by atoms with E-state index in [1.807, 2.05) is 0 Å². The largest absolute Gasteiger partial charge is 0.420 e. The number of hydrogen-bond donors (Lipinski definition) is 2. The smallest absolute Gasteiger partial charge is 0.366 e. The Hall–Kier alpha value is -3.11. The molecule has 4 heterocycles. The second-order valence-corrected chi connectivity index (χ2v) is 11.3. The van der Waals surface area contributed by atoms with E-state index in [2.05, 4.69) is 20.3 Å². The fraction of sp³-hybridized carbons (Fsp3) is 0.400. The molecule has 10 nitrogen and oxygen atoms in total. The van der Waals surface area contributed by atoms with Crippen LogP contribution in [0.4, 0.5) is 23.5 Å². The molecule has 16 heteroatoms. The minimum Gasteiger partial charge on any atom is -0.366 e. The summed E-state index contributed by atoms with van der Waals surface area (Å²) in [5.74, 6) is -1.05. The normalized spacial score (nSPS) is 19.4. The quantitative estimate of drug-likeness (QED) is 0.453. The molecule has 0 aromatic carbocycles. The summed E-state index contributed by atoms with van der Waals surface area (Å²) in [5.41, 5.74) is 3.75. The number of aryl methyl sites for hydroxylation is 2. The maximum absolute atomic E-state index is 15.0. The van der Waals surface area contributed by atoms with Crippen molar-refractivity contribution in [1.82, 2.24) is 23.8 Å². The van der Waals surface area contributed by atoms with E-state index < -0.39 is 52.1 Å². The van der Waals surface area contributed by atoms with Crippen molar-refractivity contribution >= 4 is 33.2 Å². The van der Waals surface area contributed by atoms with Gasteiger partial charge in [-0.1, -0.05) is 0 Å². The van der Waals surface area contributed by atoms with Gasteiger partial charge in [0, 0.05) is 37.4 Å². The third-order valence-electron chi connectivity index (χ3n) is 5.61. The van der Waals surface area contributed by atoms with Gasteiger partial charge in [-0.3, -0.25) is 4.79 Å². The molecule has 36 heavy (non-hydrogen) atoms. The molecule has 1 saturated heterocycles. The number of aromatic nitrogens is 4. The van der Waals surface area contributed by atoms with Crippen LogP contribution in [0.1, 0.15) is 27.2 Å². The van der Waals surface area contributed by atoms with Crippen LogP contribution in [-0.4, -0.2) is 63.5 Å². The van der Waals surface area contributed by atoms with Gasteiger partial charge in [0.25, 0.3) is 10.0 Å². The maximum Gasteiger partial charge on any atom is 0.420 e. The highest BCUT2D eigenvalue weighted by Crippen LogP contribution is 2.39. The van der Waals surface area contributed by atoms with Crippen molar-refractivity contribution in [2.75, 3.05) is 18.4 Å². The summed E-state index contributed by atoms with van der Waals surface area (Å²) in [6.07, 6.45) is -3.27. The zero-order valence-corrected chi connectivity index (χ0v) is 20.6. The van der Waals surface area contributed by atoms with Crippen LogP contribution in [0.15, 0.2) is 29.8 Å². The molecule has 2 atom stereocenters. The second kappa shape index (κ2) is 9.40. The molecule has 4 rings (SSSR count). The highest BCUT2D eigenvalue weighted by atomic mass is 32.2. The van der Waals surface area contributed by atoms with E-state index in [-0.39, 0.29) is 34.4 Å². The number of piperidine rings is 1. The molecule has 194 valence electrons. The monoisotopic (exact) mass is 547 g/mol. The van der Waals surface area contributed by atoms with Gasteiger partial charge in [0.15, 0.2) is 5.03 Å². The third-order valence-corrected chi connectivity index (χ3v) is 8.42. The van der Waals surface area contributed by atoms with E-state index in [1.54, 1.807) is 14.0 Å². The van der Waals surface area contributed by atoms with Crippen molar-refractivity contribution in [3.8, 4) is 10.6 Å². The van der Waals surface area contributed by atoms with Crippen molar-refractivity contribution in [3.63, 3.8) is 0 Å². The lowest BCUT2D eigenvalue weighted by molar-refractivity contribution is -0.137. The van der Waals surface area contributed by atoms with Crippen LogP contribution in [0, 0.1) is 6.92 Å². The van der Waals surface area contributed by atoms with Crippen LogP contribution < -0.4 is 11.1 Å². The zero-order chi connectivity index (χ0) is 26.4. The number of rotatable bonds is 6. The summed E-state index contributed by atoms with van der Waals surface area (Å²) >= 11 is 0.910. The zero-order valence-electron chi connectivity index (χ0n) is 19.0. The van der Waals surface area contributed by atoms with Gasteiger partial charge in [0.05, 0.1) is 28.5 Å². The number of nitrogens with zero attached hydrogens (tertiary/aromatic N) is 5. The van der Waals surface area contributed by atoms with Gasteiger partial charge in [0.2, 0.25) is 11.9 Å². The van der Waals surface area contributed by atoms with Crippen molar-refractivity contribution < 1.29 is 30.8 Å². The molecule has 0 bridgehead atoms. The Morgan fingerprint density at radius 2 is 2.03 bits per heavy atom. The molecule has 3 N–H and O–H groups in total. The van der Waals surface area contributed by atoms with Crippen molar-refractivity contribution in [2.45, 2.75) is 36.8 Å². The minimum atomic E-state index is -4.79. The summed E-state index contributed by atoms with van der Waals surface area (Å²) < 4.78 is 83.8. The molecule has 1 aliphatic rings. The number of nitrogens with two attached hydrogens (primary N) is 1. The summed E-state index contributed by atoms with van der Waals surface area (Å²) in [4.78, 5) is 23.5. The summed E-state index contributed by atoms with van der Waals surface area (Å²) in [6, 6.07) is 0.277. The number of hydrogen-bond acceptors (Lipinski definition) is 8. The van der Waals surface area contributed by atoms with Crippen LogP contribution in [-0.2, 0) is 23.2 Å². The van der Waals surface area contributed by atoms with Crippen molar-refractivity contribution in [2.24, 2.45) is 12.8 Å². The van der Waals surface area contributed by atoms with E-state index in [9.17, 15) is 30.8 Å². The van der Waals surface area contributed by atoms with Crippen molar-refractivity contribution in [3.05, 3.63) is 40.8 Å². The number of sulfonamides is 1. The first-order valence-corrected chi connectivity index (χ1v) is 12.8. The Balaban J connectivity index is 1.57. The number of thiophene rings is 1. The van der Waals surface area contributed by atoms with Gasteiger partial charge in [-0.05, 0) is 19.4 Å². The fourth-order valence-corrected chi connectivity index (χ4v) is 6.23. The van der Waals surface area contributed by atoms with E-state index in [4.69, 9.17) is 5.73 Å². The van der Waals surface area contributed by atoms with Crippen LogP contribution >= 0.6 is 11.3 Å². The molecule has 0 saturated carbocycles. The molecule has 0 aliphatic carbocycles. The Bertz CT molecular complexity index is 1400.